The number of H-pyrrole nitrogens is 1. The van der Waals surface area contributed by atoms with Crippen LogP contribution in [0.25, 0.3) is 0 Å². The molecule has 0 aromatic carbocycles. The number of likely N-dealkylation sites (tertiary alicyclic amines) is 1. The van der Waals surface area contributed by atoms with Crippen LogP contribution in [0.3, 0.4) is 0 Å². The second-order valence-electron chi connectivity index (χ2n) is 9.20. The molecule has 1 saturated heterocycles. The number of aromatic amines is 1. The first-order valence-corrected chi connectivity index (χ1v) is 10.9. The lowest BCUT2D eigenvalue weighted by Crippen LogP contribution is -2.48. The van der Waals surface area contributed by atoms with E-state index in [4.69, 9.17) is 4.74 Å². The smallest absolute Gasteiger partial charge is 0.410 e. The van der Waals surface area contributed by atoms with E-state index < -0.39 is 5.60 Å². The van der Waals surface area contributed by atoms with Gasteiger partial charge in [-0.15, -0.1) is 0 Å². The number of carbonyl (C=O) groups excluding carboxylic acids is 3. The molecule has 2 fully saturated rings. The summed E-state index contributed by atoms with van der Waals surface area (Å²) >= 11 is 0. The van der Waals surface area contributed by atoms with Gasteiger partial charge in [0.05, 0.1) is 11.9 Å². The molecule has 9 nitrogen and oxygen atoms in total. The van der Waals surface area contributed by atoms with Crippen molar-refractivity contribution < 1.29 is 19.1 Å². The molecular formula is C21H33N5O4. The van der Waals surface area contributed by atoms with Gasteiger partial charge in [-0.25, -0.2) is 4.79 Å². The fourth-order valence-corrected chi connectivity index (χ4v) is 3.94. The molecule has 9 heteroatoms. The van der Waals surface area contributed by atoms with Gasteiger partial charge >= 0.3 is 6.09 Å². The van der Waals surface area contributed by atoms with Gasteiger partial charge in [0.2, 0.25) is 5.91 Å². The molecule has 0 spiro atoms. The lowest BCUT2D eigenvalue weighted by Gasteiger charge is -2.33. The van der Waals surface area contributed by atoms with Crippen LogP contribution in [0.15, 0.2) is 6.20 Å². The molecule has 2 aliphatic rings. The van der Waals surface area contributed by atoms with E-state index in [1.807, 2.05) is 20.8 Å². The Kier molecular flexibility index (Phi) is 6.99. The number of hydrogen-bond donors (Lipinski definition) is 3. The zero-order valence-corrected chi connectivity index (χ0v) is 18.1. The largest absolute Gasteiger partial charge is 0.444 e. The summed E-state index contributed by atoms with van der Waals surface area (Å²) in [6.45, 7) is 6.56. The molecule has 0 unspecified atom stereocenters. The number of nitrogens with one attached hydrogen (secondary N) is 3. The molecule has 0 bridgehead atoms. The van der Waals surface area contributed by atoms with Crippen LogP contribution in [0, 0.1) is 5.92 Å². The number of rotatable bonds is 4. The van der Waals surface area contributed by atoms with E-state index in [0.717, 1.165) is 25.7 Å². The maximum atomic E-state index is 12.7. The molecule has 1 saturated carbocycles. The fraction of sp³-hybridized carbons (Fsp3) is 0.714. The first-order chi connectivity index (χ1) is 14.2. The number of hydrogen-bond acceptors (Lipinski definition) is 5. The third-order valence-corrected chi connectivity index (χ3v) is 5.58. The fourth-order valence-electron chi connectivity index (χ4n) is 3.94. The van der Waals surface area contributed by atoms with Gasteiger partial charge in [0.1, 0.15) is 11.3 Å². The highest BCUT2D eigenvalue weighted by Crippen LogP contribution is 2.25. The Morgan fingerprint density at radius 1 is 1.10 bits per heavy atom. The molecule has 1 aliphatic carbocycles. The van der Waals surface area contributed by atoms with Gasteiger partial charge in [0.15, 0.2) is 0 Å². The van der Waals surface area contributed by atoms with E-state index in [0.29, 0.717) is 31.6 Å². The van der Waals surface area contributed by atoms with Crippen LogP contribution in [-0.4, -0.2) is 57.7 Å². The van der Waals surface area contributed by atoms with Gasteiger partial charge < -0.3 is 20.3 Å². The van der Waals surface area contributed by atoms with E-state index in [2.05, 4.69) is 20.8 Å². The highest BCUT2D eigenvalue weighted by Gasteiger charge is 2.29. The average Bonchev–Trinajstić information content (AvgIpc) is 3.16. The van der Waals surface area contributed by atoms with Crippen LogP contribution >= 0.6 is 0 Å². The predicted molar refractivity (Wildman–Crippen MR) is 112 cm³/mol. The number of nitrogens with zero attached hydrogens (tertiary/aromatic N) is 2. The first-order valence-electron chi connectivity index (χ1n) is 10.9. The number of carbonyl (C=O) groups is 3. The third-order valence-electron chi connectivity index (χ3n) is 5.58. The van der Waals surface area contributed by atoms with E-state index in [9.17, 15) is 14.4 Å². The zero-order valence-electron chi connectivity index (χ0n) is 18.1. The molecule has 3 rings (SSSR count). The van der Waals surface area contributed by atoms with Crippen molar-refractivity contribution in [3.8, 4) is 0 Å². The van der Waals surface area contributed by atoms with Crippen LogP contribution in [-0.2, 0) is 9.53 Å². The Morgan fingerprint density at radius 3 is 2.40 bits per heavy atom. The Balaban J connectivity index is 1.50. The van der Waals surface area contributed by atoms with Gasteiger partial charge in [-0.2, -0.15) is 5.10 Å². The van der Waals surface area contributed by atoms with Gasteiger partial charge in [0.25, 0.3) is 5.91 Å². The Morgan fingerprint density at radius 2 is 1.77 bits per heavy atom. The predicted octanol–water partition coefficient (Wildman–Crippen LogP) is 3.06. The average molecular weight is 420 g/mol. The minimum atomic E-state index is -0.527. The number of piperidine rings is 1. The van der Waals surface area contributed by atoms with Gasteiger partial charge in [-0.1, -0.05) is 19.3 Å². The van der Waals surface area contributed by atoms with Crippen LogP contribution in [0.1, 0.15) is 76.2 Å². The summed E-state index contributed by atoms with van der Waals surface area (Å²) in [6, 6.07) is -0.0543. The Bertz CT molecular complexity index is 756. The standard InChI is InChI=1S/C21H33N5O4/c1-21(2,3)30-20(29)26-11-9-15(10-12-26)23-19(28)17-16(13-22-25-17)24-18(27)14-7-5-4-6-8-14/h13-15H,4-12H2,1-3H3,(H,22,25)(H,23,28)(H,24,27). The van der Waals surface area contributed by atoms with Crippen molar-refractivity contribution in [2.45, 2.75) is 77.4 Å². The third kappa shape index (κ3) is 5.96. The topological polar surface area (TPSA) is 116 Å². The molecule has 1 aromatic heterocycles. The first kappa shape index (κ1) is 22.1. The Hall–Kier alpha value is -2.58. The molecule has 1 aliphatic heterocycles. The molecule has 1 aromatic rings. The molecule has 0 radical (unpaired) electrons. The van der Waals surface area contributed by atoms with Gasteiger partial charge in [-0.3, -0.25) is 14.7 Å². The quantitative estimate of drug-likeness (QED) is 0.693. The van der Waals surface area contributed by atoms with Crippen LogP contribution in [0.2, 0.25) is 0 Å². The summed E-state index contributed by atoms with van der Waals surface area (Å²) in [4.78, 5) is 39.0. The second kappa shape index (κ2) is 9.49. The van der Waals surface area contributed by atoms with E-state index in [-0.39, 0.29) is 35.6 Å². The molecule has 2 heterocycles. The second-order valence-corrected chi connectivity index (χ2v) is 9.20. The van der Waals surface area contributed by atoms with Crippen LogP contribution in [0.4, 0.5) is 10.5 Å². The van der Waals surface area contributed by atoms with Crippen molar-refractivity contribution in [2.24, 2.45) is 5.92 Å². The highest BCUT2D eigenvalue weighted by atomic mass is 16.6. The van der Waals surface area contributed by atoms with Crippen LogP contribution < -0.4 is 10.6 Å². The summed E-state index contributed by atoms with van der Waals surface area (Å²) in [5, 5.41) is 12.5. The lowest BCUT2D eigenvalue weighted by molar-refractivity contribution is -0.120. The number of amides is 3. The minimum Gasteiger partial charge on any atom is -0.444 e. The summed E-state index contributed by atoms with van der Waals surface area (Å²) in [5.74, 6) is -0.347. The van der Waals surface area contributed by atoms with Crippen molar-refractivity contribution in [2.75, 3.05) is 18.4 Å². The molecule has 3 N–H and O–H groups in total. The van der Waals surface area contributed by atoms with Crippen molar-refractivity contribution in [1.82, 2.24) is 20.4 Å². The zero-order chi connectivity index (χ0) is 21.7. The minimum absolute atomic E-state index is 0.00161. The summed E-state index contributed by atoms with van der Waals surface area (Å²) in [5.41, 5.74) is 0.143. The SMILES string of the molecule is CC(C)(C)OC(=O)N1CCC(NC(=O)c2[nH]ncc2NC(=O)C2CCCCC2)CC1. The number of aromatic nitrogens is 2. The van der Waals surface area contributed by atoms with Crippen molar-refractivity contribution in [3.05, 3.63) is 11.9 Å². The van der Waals surface area contributed by atoms with Crippen molar-refractivity contribution >= 4 is 23.6 Å². The molecule has 166 valence electrons. The Labute approximate surface area is 177 Å². The number of ether oxygens (including phenoxy) is 1. The van der Waals surface area contributed by atoms with Crippen molar-refractivity contribution in [3.63, 3.8) is 0 Å². The normalized spacial score (nSPS) is 18.7. The number of anilines is 1. The van der Waals surface area contributed by atoms with Crippen molar-refractivity contribution in [1.29, 1.82) is 0 Å². The maximum absolute atomic E-state index is 12.7. The van der Waals surface area contributed by atoms with Gasteiger partial charge in [-0.05, 0) is 46.5 Å². The summed E-state index contributed by atoms with van der Waals surface area (Å²) in [6.07, 6.45) is 7.52. The highest BCUT2D eigenvalue weighted by molar-refractivity contribution is 6.02. The monoisotopic (exact) mass is 419 g/mol. The molecule has 30 heavy (non-hydrogen) atoms. The van der Waals surface area contributed by atoms with E-state index >= 15 is 0 Å². The van der Waals surface area contributed by atoms with Crippen LogP contribution in [0.5, 0.6) is 0 Å². The summed E-state index contributed by atoms with van der Waals surface area (Å²) in [7, 11) is 0. The molecule has 3 amide bonds. The maximum Gasteiger partial charge on any atom is 0.410 e. The van der Waals surface area contributed by atoms with Gasteiger partial charge in [0, 0.05) is 25.0 Å². The molecular weight excluding hydrogens is 386 g/mol. The van der Waals surface area contributed by atoms with E-state index in [1.54, 1.807) is 4.90 Å². The lowest BCUT2D eigenvalue weighted by atomic mass is 9.88. The van der Waals surface area contributed by atoms with E-state index in [1.165, 1.54) is 12.6 Å². The molecule has 0 atom stereocenters. The summed E-state index contributed by atoms with van der Waals surface area (Å²) < 4.78 is 5.40.